The van der Waals surface area contributed by atoms with Gasteiger partial charge in [-0.25, -0.2) is 9.97 Å². The van der Waals surface area contributed by atoms with Crippen molar-refractivity contribution in [1.29, 1.82) is 0 Å². The van der Waals surface area contributed by atoms with E-state index >= 15 is 0 Å². The molecule has 3 aromatic rings. The van der Waals surface area contributed by atoms with E-state index in [-0.39, 0.29) is 11.9 Å². The SMILES string of the molecule is O=C1C[C@H](Nc2ncc(-c3ccc(C(F)(F)F)cc3)c3nccnc23)CCCN1. The van der Waals surface area contributed by atoms with E-state index in [2.05, 4.69) is 25.6 Å². The summed E-state index contributed by atoms with van der Waals surface area (Å²) in [7, 11) is 0. The fraction of sp³-hybridized carbons (Fsp3) is 0.300. The average molecular weight is 401 g/mol. The van der Waals surface area contributed by atoms with Crippen LogP contribution in [0.5, 0.6) is 0 Å². The van der Waals surface area contributed by atoms with Crippen LogP contribution in [-0.2, 0) is 11.0 Å². The summed E-state index contributed by atoms with van der Waals surface area (Å²) in [6.07, 6.45) is 2.24. The van der Waals surface area contributed by atoms with Crippen molar-refractivity contribution in [2.75, 3.05) is 11.9 Å². The molecule has 1 aliphatic heterocycles. The van der Waals surface area contributed by atoms with Crippen LogP contribution in [0.3, 0.4) is 0 Å². The molecule has 1 fully saturated rings. The largest absolute Gasteiger partial charge is 0.416 e. The van der Waals surface area contributed by atoms with Gasteiger partial charge in [-0.05, 0) is 30.5 Å². The van der Waals surface area contributed by atoms with Crippen LogP contribution in [0.2, 0.25) is 0 Å². The number of hydrogen-bond donors (Lipinski definition) is 2. The first-order valence-electron chi connectivity index (χ1n) is 9.22. The van der Waals surface area contributed by atoms with Crippen LogP contribution < -0.4 is 10.6 Å². The Kier molecular flexibility index (Phi) is 5.04. The van der Waals surface area contributed by atoms with E-state index in [1.54, 1.807) is 6.20 Å². The minimum Gasteiger partial charge on any atom is -0.365 e. The van der Waals surface area contributed by atoms with Crippen LogP contribution in [0.4, 0.5) is 19.0 Å². The number of fused-ring (bicyclic) bond motifs is 1. The lowest BCUT2D eigenvalue weighted by Crippen LogP contribution is -2.27. The van der Waals surface area contributed by atoms with E-state index in [4.69, 9.17) is 0 Å². The maximum atomic E-state index is 12.8. The molecule has 0 aliphatic carbocycles. The number of nitrogens with one attached hydrogen (secondary N) is 2. The maximum absolute atomic E-state index is 12.8. The van der Waals surface area contributed by atoms with Crippen LogP contribution in [-0.4, -0.2) is 33.4 Å². The Morgan fingerprint density at radius 3 is 2.48 bits per heavy atom. The molecule has 0 radical (unpaired) electrons. The van der Waals surface area contributed by atoms with Crippen LogP contribution >= 0.6 is 0 Å². The summed E-state index contributed by atoms with van der Waals surface area (Å²) < 4.78 is 38.5. The number of pyridine rings is 1. The fourth-order valence-corrected chi connectivity index (χ4v) is 3.41. The van der Waals surface area contributed by atoms with E-state index in [0.29, 0.717) is 40.9 Å². The Hall–Kier alpha value is -3.23. The number of nitrogens with zero attached hydrogens (tertiary/aromatic N) is 3. The maximum Gasteiger partial charge on any atom is 0.416 e. The lowest BCUT2D eigenvalue weighted by atomic mass is 10.0. The minimum atomic E-state index is -4.39. The third kappa shape index (κ3) is 4.13. The molecule has 29 heavy (non-hydrogen) atoms. The van der Waals surface area contributed by atoms with Crippen molar-refractivity contribution in [2.45, 2.75) is 31.5 Å². The first-order chi connectivity index (χ1) is 13.9. The van der Waals surface area contributed by atoms with Crippen LogP contribution in [0.25, 0.3) is 22.2 Å². The molecule has 1 aromatic carbocycles. The topological polar surface area (TPSA) is 79.8 Å². The summed E-state index contributed by atoms with van der Waals surface area (Å²) in [5, 5.41) is 6.11. The number of hydrogen-bond acceptors (Lipinski definition) is 5. The molecule has 0 spiro atoms. The molecule has 1 saturated heterocycles. The van der Waals surface area contributed by atoms with Crippen molar-refractivity contribution in [1.82, 2.24) is 20.3 Å². The fourth-order valence-electron chi connectivity index (χ4n) is 3.41. The van der Waals surface area contributed by atoms with Crippen molar-refractivity contribution in [2.24, 2.45) is 0 Å². The van der Waals surface area contributed by atoms with Crippen molar-refractivity contribution in [3.8, 4) is 11.1 Å². The van der Waals surface area contributed by atoms with Gasteiger partial charge in [-0.1, -0.05) is 12.1 Å². The summed E-state index contributed by atoms with van der Waals surface area (Å²) in [5.41, 5.74) is 1.48. The number of carbonyl (C=O) groups is 1. The molecule has 4 rings (SSSR count). The zero-order chi connectivity index (χ0) is 20.4. The second-order valence-corrected chi connectivity index (χ2v) is 6.89. The predicted molar refractivity (Wildman–Crippen MR) is 102 cm³/mol. The molecular weight excluding hydrogens is 383 g/mol. The van der Waals surface area contributed by atoms with Gasteiger partial charge in [0, 0.05) is 43.2 Å². The zero-order valence-electron chi connectivity index (χ0n) is 15.3. The van der Waals surface area contributed by atoms with Crippen LogP contribution in [0.15, 0.2) is 42.9 Å². The molecule has 0 bridgehead atoms. The molecule has 0 unspecified atom stereocenters. The summed E-state index contributed by atoms with van der Waals surface area (Å²) in [6.45, 7) is 0.651. The highest BCUT2D eigenvalue weighted by Gasteiger charge is 2.30. The van der Waals surface area contributed by atoms with Crippen molar-refractivity contribution in [3.05, 3.63) is 48.4 Å². The normalized spacial score (nSPS) is 17.6. The number of anilines is 1. The Morgan fingerprint density at radius 1 is 1.03 bits per heavy atom. The molecule has 1 atom stereocenters. The van der Waals surface area contributed by atoms with Gasteiger partial charge in [0.1, 0.15) is 11.0 Å². The van der Waals surface area contributed by atoms with Gasteiger partial charge in [-0.2, -0.15) is 13.2 Å². The Bertz CT molecular complexity index is 1040. The van der Waals surface area contributed by atoms with E-state index in [1.807, 2.05) is 0 Å². The third-order valence-corrected chi connectivity index (χ3v) is 4.85. The number of carbonyl (C=O) groups excluding carboxylic acids is 1. The standard InChI is InChI=1S/C20H18F3N5O/c21-20(22,23)13-5-3-12(4-6-13)15-11-27-19(18-17(15)25-8-9-26-18)28-14-2-1-7-24-16(29)10-14/h3-6,8-9,11,14H,1-2,7,10H2,(H,24,29)(H,27,28)/t14-/m1/s1. The minimum absolute atomic E-state index is 0.0169. The van der Waals surface area contributed by atoms with Crippen LogP contribution in [0.1, 0.15) is 24.8 Å². The van der Waals surface area contributed by atoms with Gasteiger partial charge in [0.15, 0.2) is 5.82 Å². The smallest absolute Gasteiger partial charge is 0.365 e. The molecule has 1 amide bonds. The van der Waals surface area contributed by atoms with Gasteiger partial charge in [0.2, 0.25) is 5.91 Å². The molecule has 150 valence electrons. The number of amides is 1. The van der Waals surface area contributed by atoms with E-state index < -0.39 is 11.7 Å². The van der Waals surface area contributed by atoms with Gasteiger partial charge in [-0.3, -0.25) is 9.78 Å². The van der Waals surface area contributed by atoms with Gasteiger partial charge >= 0.3 is 6.18 Å². The quantitative estimate of drug-likeness (QED) is 0.698. The number of aromatic nitrogens is 3. The van der Waals surface area contributed by atoms with Crippen LogP contribution in [0, 0.1) is 0 Å². The van der Waals surface area contributed by atoms with Gasteiger partial charge in [0.25, 0.3) is 0 Å². The molecule has 2 aromatic heterocycles. The monoisotopic (exact) mass is 401 g/mol. The molecule has 6 nitrogen and oxygen atoms in total. The number of alkyl halides is 3. The van der Waals surface area contributed by atoms with Crippen molar-refractivity contribution >= 4 is 22.8 Å². The second kappa shape index (κ2) is 7.65. The average Bonchev–Trinajstić information content (AvgIpc) is 2.91. The zero-order valence-corrected chi connectivity index (χ0v) is 15.3. The molecule has 2 N–H and O–H groups in total. The molecule has 0 saturated carbocycles. The highest BCUT2D eigenvalue weighted by molar-refractivity contribution is 5.96. The van der Waals surface area contributed by atoms with Crippen molar-refractivity contribution in [3.63, 3.8) is 0 Å². The summed E-state index contributed by atoms with van der Waals surface area (Å²) in [6, 6.07) is 4.79. The first-order valence-corrected chi connectivity index (χ1v) is 9.22. The molecule has 3 heterocycles. The number of halogens is 3. The predicted octanol–water partition coefficient (Wildman–Crippen LogP) is 3.79. The summed E-state index contributed by atoms with van der Waals surface area (Å²) >= 11 is 0. The third-order valence-electron chi connectivity index (χ3n) is 4.85. The Morgan fingerprint density at radius 2 is 1.76 bits per heavy atom. The van der Waals surface area contributed by atoms with E-state index in [1.165, 1.54) is 24.5 Å². The van der Waals surface area contributed by atoms with Gasteiger partial charge in [-0.15, -0.1) is 0 Å². The lowest BCUT2D eigenvalue weighted by Gasteiger charge is -2.17. The van der Waals surface area contributed by atoms with E-state index in [9.17, 15) is 18.0 Å². The first kappa shape index (κ1) is 19.1. The highest BCUT2D eigenvalue weighted by atomic mass is 19.4. The molecule has 9 heteroatoms. The Balaban J connectivity index is 1.69. The van der Waals surface area contributed by atoms with Gasteiger partial charge in [0.05, 0.1) is 5.56 Å². The summed E-state index contributed by atoms with van der Waals surface area (Å²) in [4.78, 5) is 25.0. The number of benzene rings is 1. The van der Waals surface area contributed by atoms with Crippen molar-refractivity contribution < 1.29 is 18.0 Å². The molecule has 1 aliphatic rings. The summed E-state index contributed by atoms with van der Waals surface area (Å²) in [5.74, 6) is 0.486. The Labute approximate surface area is 164 Å². The lowest BCUT2D eigenvalue weighted by molar-refractivity contribution is -0.137. The van der Waals surface area contributed by atoms with E-state index in [0.717, 1.165) is 25.0 Å². The number of rotatable bonds is 3. The van der Waals surface area contributed by atoms with Gasteiger partial charge < -0.3 is 10.6 Å². The second-order valence-electron chi connectivity index (χ2n) is 6.89. The molecular formula is C20H18F3N5O. The highest BCUT2D eigenvalue weighted by Crippen LogP contribution is 2.33.